The molecule has 2 rings (SSSR count). The summed E-state index contributed by atoms with van der Waals surface area (Å²) in [6.07, 6.45) is -4.41. The fourth-order valence-electron chi connectivity index (χ4n) is 2.43. The molecular weight excluding hydrogens is 277 g/mol. The van der Waals surface area contributed by atoms with Gasteiger partial charge in [0, 0.05) is 31.4 Å². The Kier molecular flexibility index (Phi) is 3.97. The van der Waals surface area contributed by atoms with Crippen LogP contribution in [0.2, 0.25) is 5.02 Å². The molecule has 6 heteroatoms. The SMILES string of the molecule is C[C@H]1CN(C)CCN1c1ccc(Cl)c(C(F)(F)F)c1. The Morgan fingerprint density at radius 1 is 1.26 bits per heavy atom. The fraction of sp³-hybridized carbons (Fsp3) is 0.538. The molecular formula is C13H16ClF3N2. The number of rotatable bonds is 1. The second-order valence-corrected chi connectivity index (χ2v) is 5.37. The molecule has 0 radical (unpaired) electrons. The number of halogens is 4. The van der Waals surface area contributed by atoms with Crippen molar-refractivity contribution in [1.82, 2.24) is 4.90 Å². The van der Waals surface area contributed by atoms with Gasteiger partial charge in [-0.15, -0.1) is 0 Å². The molecule has 0 N–H and O–H groups in total. The van der Waals surface area contributed by atoms with Gasteiger partial charge in [0.25, 0.3) is 0 Å². The average Bonchev–Trinajstić information content (AvgIpc) is 2.29. The predicted molar refractivity (Wildman–Crippen MR) is 70.8 cm³/mol. The molecule has 0 spiro atoms. The average molecular weight is 293 g/mol. The monoisotopic (exact) mass is 292 g/mol. The van der Waals surface area contributed by atoms with Crippen molar-refractivity contribution >= 4 is 17.3 Å². The lowest BCUT2D eigenvalue weighted by molar-refractivity contribution is -0.137. The number of hydrogen-bond donors (Lipinski definition) is 0. The first-order chi connectivity index (χ1) is 8.79. The Bertz CT molecular complexity index is 462. The number of anilines is 1. The van der Waals surface area contributed by atoms with Gasteiger partial charge in [-0.2, -0.15) is 13.2 Å². The van der Waals surface area contributed by atoms with E-state index in [0.29, 0.717) is 5.69 Å². The Morgan fingerprint density at radius 3 is 2.53 bits per heavy atom. The Balaban J connectivity index is 2.31. The van der Waals surface area contributed by atoms with Crippen LogP contribution in [-0.4, -0.2) is 37.6 Å². The predicted octanol–water partition coefficient (Wildman–Crippen LogP) is 3.50. The third kappa shape index (κ3) is 3.15. The van der Waals surface area contributed by atoms with E-state index in [4.69, 9.17) is 11.6 Å². The van der Waals surface area contributed by atoms with Gasteiger partial charge in [-0.1, -0.05) is 11.6 Å². The van der Waals surface area contributed by atoms with Gasteiger partial charge in [0.1, 0.15) is 0 Å². The Hall–Kier alpha value is -0.940. The number of nitrogens with zero attached hydrogens (tertiary/aromatic N) is 2. The van der Waals surface area contributed by atoms with Crippen molar-refractivity contribution in [3.05, 3.63) is 28.8 Å². The number of piperazine rings is 1. The molecule has 1 aliphatic heterocycles. The van der Waals surface area contributed by atoms with Gasteiger partial charge in [0.2, 0.25) is 0 Å². The zero-order valence-electron chi connectivity index (χ0n) is 10.8. The topological polar surface area (TPSA) is 6.48 Å². The standard InChI is InChI=1S/C13H16ClF3N2/c1-9-8-18(2)5-6-19(9)10-3-4-12(14)11(7-10)13(15,16)17/h3-4,7,9H,5-6,8H2,1-2H3/t9-/m0/s1. The molecule has 1 saturated heterocycles. The smallest absolute Gasteiger partial charge is 0.366 e. The number of benzene rings is 1. The summed E-state index contributed by atoms with van der Waals surface area (Å²) < 4.78 is 38.5. The highest BCUT2D eigenvalue weighted by molar-refractivity contribution is 6.31. The van der Waals surface area contributed by atoms with Gasteiger partial charge in [0.15, 0.2) is 0 Å². The quantitative estimate of drug-likeness (QED) is 0.782. The molecule has 0 saturated carbocycles. The van der Waals surface area contributed by atoms with Crippen molar-refractivity contribution < 1.29 is 13.2 Å². The van der Waals surface area contributed by atoms with E-state index in [9.17, 15) is 13.2 Å². The fourth-order valence-corrected chi connectivity index (χ4v) is 2.66. The summed E-state index contributed by atoms with van der Waals surface area (Å²) in [4.78, 5) is 4.16. The normalized spacial score (nSPS) is 21.8. The van der Waals surface area contributed by atoms with Crippen molar-refractivity contribution in [2.24, 2.45) is 0 Å². The zero-order valence-corrected chi connectivity index (χ0v) is 11.6. The van der Waals surface area contributed by atoms with Crippen LogP contribution in [-0.2, 0) is 6.18 Å². The third-order valence-corrected chi connectivity index (χ3v) is 3.75. The molecule has 1 atom stereocenters. The molecule has 1 aromatic carbocycles. The van der Waals surface area contributed by atoms with Gasteiger partial charge in [-0.05, 0) is 32.2 Å². The molecule has 0 bridgehead atoms. The number of hydrogen-bond acceptors (Lipinski definition) is 2. The van der Waals surface area contributed by atoms with E-state index in [1.54, 1.807) is 6.07 Å². The molecule has 1 fully saturated rings. The minimum absolute atomic E-state index is 0.181. The third-order valence-electron chi connectivity index (χ3n) is 3.42. The second-order valence-electron chi connectivity index (χ2n) is 4.97. The van der Waals surface area contributed by atoms with Crippen LogP contribution in [0.15, 0.2) is 18.2 Å². The summed E-state index contributed by atoms with van der Waals surface area (Å²) in [5.41, 5.74) is -0.185. The first-order valence-electron chi connectivity index (χ1n) is 6.11. The van der Waals surface area contributed by atoms with Crippen LogP contribution in [0, 0.1) is 0 Å². The first kappa shape index (κ1) is 14.5. The second kappa shape index (κ2) is 5.21. The molecule has 0 aliphatic carbocycles. The van der Waals surface area contributed by atoms with Crippen LogP contribution in [0.3, 0.4) is 0 Å². The van der Waals surface area contributed by atoms with E-state index < -0.39 is 11.7 Å². The van der Waals surface area contributed by atoms with E-state index in [-0.39, 0.29) is 11.1 Å². The van der Waals surface area contributed by atoms with Crippen molar-refractivity contribution in [3.63, 3.8) is 0 Å². The zero-order chi connectivity index (χ0) is 14.2. The highest BCUT2D eigenvalue weighted by Crippen LogP contribution is 2.37. The molecule has 0 amide bonds. The van der Waals surface area contributed by atoms with E-state index in [1.165, 1.54) is 6.07 Å². The minimum Gasteiger partial charge on any atom is -0.366 e. The van der Waals surface area contributed by atoms with Gasteiger partial charge < -0.3 is 9.80 Å². The molecule has 0 aromatic heterocycles. The van der Waals surface area contributed by atoms with Gasteiger partial charge >= 0.3 is 6.18 Å². The molecule has 1 aliphatic rings. The van der Waals surface area contributed by atoms with Gasteiger partial charge in [-0.3, -0.25) is 0 Å². The van der Waals surface area contributed by atoms with Crippen molar-refractivity contribution in [3.8, 4) is 0 Å². The Labute approximate surface area is 115 Å². The highest BCUT2D eigenvalue weighted by Gasteiger charge is 2.34. The van der Waals surface area contributed by atoms with Crippen LogP contribution >= 0.6 is 11.6 Å². The van der Waals surface area contributed by atoms with Crippen LogP contribution in [0.1, 0.15) is 12.5 Å². The summed E-state index contributed by atoms with van der Waals surface area (Å²) in [5.74, 6) is 0. The summed E-state index contributed by atoms with van der Waals surface area (Å²) in [6.45, 7) is 4.41. The molecule has 106 valence electrons. The van der Waals surface area contributed by atoms with E-state index in [1.807, 2.05) is 18.9 Å². The van der Waals surface area contributed by atoms with Gasteiger partial charge in [0.05, 0.1) is 10.6 Å². The van der Waals surface area contributed by atoms with Crippen molar-refractivity contribution in [2.45, 2.75) is 19.1 Å². The summed E-state index contributed by atoms with van der Waals surface area (Å²) >= 11 is 5.63. The van der Waals surface area contributed by atoms with Crippen LogP contribution in [0.5, 0.6) is 0 Å². The summed E-state index contributed by atoms with van der Waals surface area (Å²) in [6, 6.07) is 4.30. The van der Waals surface area contributed by atoms with E-state index >= 15 is 0 Å². The number of likely N-dealkylation sites (N-methyl/N-ethyl adjacent to an activating group) is 1. The number of alkyl halides is 3. The highest BCUT2D eigenvalue weighted by atomic mass is 35.5. The van der Waals surface area contributed by atoms with E-state index in [0.717, 1.165) is 25.7 Å². The maximum Gasteiger partial charge on any atom is 0.417 e. The van der Waals surface area contributed by atoms with Crippen LogP contribution in [0.25, 0.3) is 0 Å². The maximum atomic E-state index is 12.8. The molecule has 19 heavy (non-hydrogen) atoms. The van der Waals surface area contributed by atoms with Crippen molar-refractivity contribution in [2.75, 3.05) is 31.6 Å². The van der Waals surface area contributed by atoms with Crippen LogP contribution < -0.4 is 4.90 Å². The van der Waals surface area contributed by atoms with Crippen molar-refractivity contribution in [1.29, 1.82) is 0 Å². The van der Waals surface area contributed by atoms with Crippen LogP contribution in [0.4, 0.5) is 18.9 Å². The maximum absolute atomic E-state index is 12.8. The first-order valence-corrected chi connectivity index (χ1v) is 6.49. The van der Waals surface area contributed by atoms with E-state index in [2.05, 4.69) is 4.90 Å². The molecule has 1 aromatic rings. The summed E-state index contributed by atoms with van der Waals surface area (Å²) in [7, 11) is 2.01. The van der Waals surface area contributed by atoms with Gasteiger partial charge in [-0.25, -0.2) is 0 Å². The lowest BCUT2D eigenvalue weighted by Crippen LogP contribution is -2.50. The minimum atomic E-state index is -4.41. The molecule has 0 unspecified atom stereocenters. The lowest BCUT2D eigenvalue weighted by Gasteiger charge is -2.40. The molecule has 1 heterocycles. The largest absolute Gasteiger partial charge is 0.417 e. The lowest BCUT2D eigenvalue weighted by atomic mass is 10.1. The molecule has 2 nitrogen and oxygen atoms in total. The summed E-state index contributed by atoms with van der Waals surface area (Å²) in [5, 5.41) is -0.252. The Morgan fingerprint density at radius 2 is 1.95 bits per heavy atom.